The van der Waals surface area contributed by atoms with Crippen molar-refractivity contribution in [3.05, 3.63) is 82.3 Å². The largest absolute Gasteiger partial charge is 0.350 e. The van der Waals surface area contributed by atoms with Crippen molar-refractivity contribution in [1.29, 1.82) is 5.26 Å². The van der Waals surface area contributed by atoms with Gasteiger partial charge in [0.1, 0.15) is 29.3 Å². The maximum Gasteiger partial charge on any atom is 0.221 e. The lowest BCUT2D eigenvalue weighted by molar-refractivity contribution is -0.128. The summed E-state index contributed by atoms with van der Waals surface area (Å²) < 4.78 is 27.5. The summed E-state index contributed by atoms with van der Waals surface area (Å²) in [6, 6.07) is 9.18. The molecule has 0 saturated heterocycles. The zero-order valence-electron chi connectivity index (χ0n) is 19.6. The van der Waals surface area contributed by atoms with Crippen LogP contribution < -0.4 is 5.32 Å². The average molecular weight is 488 g/mol. The van der Waals surface area contributed by atoms with Gasteiger partial charge in [-0.3, -0.25) is 24.4 Å². The number of nitriles is 1. The number of hydrogen-bond donors (Lipinski definition) is 1. The van der Waals surface area contributed by atoms with Crippen LogP contribution in [0.3, 0.4) is 0 Å². The number of nitrogens with one attached hydrogen (secondary N) is 1. The van der Waals surface area contributed by atoms with Crippen molar-refractivity contribution in [3.8, 4) is 17.3 Å². The zero-order chi connectivity index (χ0) is 26.0. The van der Waals surface area contributed by atoms with Gasteiger partial charge in [0.2, 0.25) is 5.91 Å². The number of carbonyl (C=O) groups is 3. The highest BCUT2D eigenvalue weighted by molar-refractivity contribution is 6.15. The Hall–Kier alpha value is -4.32. The predicted octanol–water partition coefficient (Wildman–Crippen LogP) is 3.86. The molecule has 0 radical (unpaired) electrons. The average Bonchev–Trinajstić information content (AvgIpc) is 3.10. The molecule has 182 valence electrons. The highest BCUT2D eigenvalue weighted by Gasteiger charge is 2.43. The molecule has 9 heteroatoms. The van der Waals surface area contributed by atoms with Crippen molar-refractivity contribution in [1.82, 2.24) is 15.3 Å². The standard InChI is InChI=1S/C27H22F2N4O3/c1-14-5-17(26-21(29)9-19(28)12-33-26)6-15(2)24(14)25-22(34)7-18(27(25)36)8-23(35)32-13-20-4-3-16(10-30)11-31-20/h3-6,9,11-12,18,25H,7-8,13H2,1-2H3,(H,32,35). The lowest BCUT2D eigenvalue weighted by Crippen LogP contribution is -2.27. The van der Waals surface area contributed by atoms with E-state index in [-0.39, 0.29) is 42.6 Å². The fourth-order valence-corrected chi connectivity index (χ4v) is 4.61. The van der Waals surface area contributed by atoms with Gasteiger partial charge in [-0.05, 0) is 54.8 Å². The van der Waals surface area contributed by atoms with Crippen LogP contribution in [-0.4, -0.2) is 27.4 Å². The monoisotopic (exact) mass is 488 g/mol. The fraction of sp³-hybridized carbons (Fsp3) is 0.259. The van der Waals surface area contributed by atoms with Crippen LogP contribution in [0.4, 0.5) is 8.78 Å². The molecule has 0 aliphatic heterocycles. The maximum absolute atomic E-state index is 14.2. The van der Waals surface area contributed by atoms with Crippen LogP contribution in [0.1, 0.15) is 46.7 Å². The molecule has 4 rings (SSSR count). The lowest BCUT2D eigenvalue weighted by Gasteiger charge is -2.17. The van der Waals surface area contributed by atoms with Crippen LogP contribution in [-0.2, 0) is 20.9 Å². The summed E-state index contributed by atoms with van der Waals surface area (Å²) in [5, 5.41) is 11.5. The first kappa shape index (κ1) is 24.8. The first-order valence-corrected chi connectivity index (χ1v) is 11.3. The van der Waals surface area contributed by atoms with E-state index in [1.165, 1.54) is 6.20 Å². The molecule has 1 aliphatic carbocycles. The number of amides is 1. The van der Waals surface area contributed by atoms with Crippen molar-refractivity contribution in [2.24, 2.45) is 5.92 Å². The van der Waals surface area contributed by atoms with Gasteiger partial charge in [-0.15, -0.1) is 0 Å². The summed E-state index contributed by atoms with van der Waals surface area (Å²) in [4.78, 5) is 46.4. The Bertz CT molecular complexity index is 1390. The van der Waals surface area contributed by atoms with Gasteiger partial charge in [0.15, 0.2) is 11.6 Å². The van der Waals surface area contributed by atoms with E-state index in [1.54, 1.807) is 38.1 Å². The summed E-state index contributed by atoms with van der Waals surface area (Å²) in [6.45, 7) is 3.58. The fourth-order valence-electron chi connectivity index (χ4n) is 4.61. The number of hydrogen-bond acceptors (Lipinski definition) is 6. The van der Waals surface area contributed by atoms with Gasteiger partial charge in [0, 0.05) is 36.6 Å². The molecule has 2 heterocycles. The van der Waals surface area contributed by atoms with E-state index < -0.39 is 23.5 Å². The second kappa shape index (κ2) is 10.1. The van der Waals surface area contributed by atoms with E-state index in [0.717, 1.165) is 12.3 Å². The molecule has 1 aliphatic rings. The highest BCUT2D eigenvalue weighted by Crippen LogP contribution is 2.38. The number of nitrogens with zero attached hydrogens (tertiary/aromatic N) is 3. The maximum atomic E-state index is 14.2. The van der Waals surface area contributed by atoms with Gasteiger partial charge in [-0.25, -0.2) is 8.78 Å². The van der Waals surface area contributed by atoms with Crippen molar-refractivity contribution >= 4 is 17.5 Å². The Morgan fingerprint density at radius 3 is 2.44 bits per heavy atom. The van der Waals surface area contributed by atoms with E-state index in [2.05, 4.69) is 15.3 Å². The van der Waals surface area contributed by atoms with Gasteiger partial charge in [0.05, 0.1) is 24.0 Å². The molecule has 2 unspecified atom stereocenters. The van der Waals surface area contributed by atoms with E-state index in [1.807, 2.05) is 6.07 Å². The smallest absolute Gasteiger partial charge is 0.221 e. The van der Waals surface area contributed by atoms with Crippen LogP contribution in [0.25, 0.3) is 11.3 Å². The number of Topliss-reactive ketones (excluding diaryl/α,β-unsaturated/α-hetero) is 2. The van der Waals surface area contributed by atoms with E-state index >= 15 is 0 Å². The van der Waals surface area contributed by atoms with Gasteiger partial charge >= 0.3 is 0 Å². The zero-order valence-corrected chi connectivity index (χ0v) is 19.6. The molecule has 1 fully saturated rings. The molecule has 1 aromatic carbocycles. The van der Waals surface area contributed by atoms with Gasteiger partial charge in [0.25, 0.3) is 0 Å². The van der Waals surface area contributed by atoms with Crippen LogP contribution in [0.2, 0.25) is 0 Å². The highest BCUT2D eigenvalue weighted by atomic mass is 19.1. The Morgan fingerprint density at radius 2 is 1.83 bits per heavy atom. The number of halogens is 2. The predicted molar refractivity (Wildman–Crippen MR) is 125 cm³/mol. The minimum absolute atomic E-state index is 0.0236. The van der Waals surface area contributed by atoms with Crippen LogP contribution in [0.5, 0.6) is 0 Å². The third-order valence-corrected chi connectivity index (χ3v) is 6.27. The Labute approximate surface area is 206 Å². The van der Waals surface area contributed by atoms with E-state index in [9.17, 15) is 23.2 Å². The molecule has 2 atom stereocenters. The topological polar surface area (TPSA) is 113 Å². The number of rotatable bonds is 6. The molecule has 36 heavy (non-hydrogen) atoms. The lowest BCUT2D eigenvalue weighted by atomic mass is 9.85. The van der Waals surface area contributed by atoms with E-state index in [0.29, 0.717) is 33.5 Å². The van der Waals surface area contributed by atoms with Gasteiger partial charge in [-0.2, -0.15) is 5.26 Å². The summed E-state index contributed by atoms with van der Waals surface area (Å²) in [5.74, 6) is -4.30. The van der Waals surface area contributed by atoms with Gasteiger partial charge < -0.3 is 5.32 Å². The number of benzene rings is 1. The minimum atomic E-state index is -0.997. The quantitative estimate of drug-likeness (QED) is 0.528. The first-order chi connectivity index (χ1) is 17.2. The summed E-state index contributed by atoms with van der Waals surface area (Å²) in [7, 11) is 0. The number of pyridine rings is 2. The SMILES string of the molecule is Cc1cc(-c2ncc(F)cc2F)cc(C)c1C1C(=O)CC(CC(=O)NCc2ccc(C#N)cn2)C1=O. The summed E-state index contributed by atoms with van der Waals surface area (Å²) >= 11 is 0. The van der Waals surface area contributed by atoms with Crippen molar-refractivity contribution in [2.45, 2.75) is 39.2 Å². The van der Waals surface area contributed by atoms with Gasteiger partial charge in [-0.1, -0.05) is 0 Å². The molecular formula is C27H22F2N4O3. The van der Waals surface area contributed by atoms with Crippen molar-refractivity contribution in [3.63, 3.8) is 0 Å². The third-order valence-electron chi connectivity index (χ3n) is 6.27. The number of aryl methyl sites for hydroxylation is 2. The minimum Gasteiger partial charge on any atom is -0.350 e. The van der Waals surface area contributed by atoms with E-state index in [4.69, 9.17) is 5.26 Å². The molecular weight excluding hydrogens is 466 g/mol. The van der Waals surface area contributed by atoms with Crippen molar-refractivity contribution < 1.29 is 23.2 Å². The first-order valence-electron chi connectivity index (χ1n) is 11.3. The summed E-state index contributed by atoms with van der Waals surface area (Å²) in [5.41, 5.74) is 3.12. The molecule has 0 spiro atoms. The normalized spacial score (nSPS) is 17.2. The van der Waals surface area contributed by atoms with Crippen LogP contribution in [0, 0.1) is 42.7 Å². The van der Waals surface area contributed by atoms with Crippen LogP contribution >= 0.6 is 0 Å². The number of aromatic nitrogens is 2. The second-order valence-electron chi connectivity index (χ2n) is 8.84. The number of carbonyl (C=O) groups excluding carboxylic acids is 3. The third kappa shape index (κ3) is 5.03. The molecule has 7 nitrogen and oxygen atoms in total. The molecule has 1 amide bonds. The molecule has 1 saturated carbocycles. The number of ketones is 2. The Kier molecular flexibility index (Phi) is 6.97. The van der Waals surface area contributed by atoms with Crippen molar-refractivity contribution in [2.75, 3.05) is 0 Å². The second-order valence-corrected chi connectivity index (χ2v) is 8.84. The summed E-state index contributed by atoms with van der Waals surface area (Å²) in [6.07, 6.45) is 2.16. The van der Waals surface area contributed by atoms with Crippen LogP contribution in [0.15, 0.2) is 42.7 Å². The molecule has 0 bridgehead atoms. The Balaban J connectivity index is 1.47. The molecule has 2 aromatic heterocycles. The molecule has 3 aromatic rings. The molecule has 1 N–H and O–H groups in total. The Morgan fingerprint density at radius 1 is 1.11 bits per heavy atom.